The molecule has 2 aromatic rings. The minimum absolute atomic E-state index is 0.00876. The predicted molar refractivity (Wildman–Crippen MR) is 139 cm³/mol. The maximum Gasteiger partial charge on any atom is 0.416 e. The van der Waals surface area contributed by atoms with Gasteiger partial charge in [0.15, 0.2) is 5.78 Å². The molecule has 14 heteroatoms. The van der Waals surface area contributed by atoms with E-state index in [1.807, 2.05) is 0 Å². The number of ketones is 1. The number of alkyl halides is 3. The second-order valence-electron chi connectivity index (χ2n) is 9.51. The van der Waals surface area contributed by atoms with Gasteiger partial charge in [-0.25, -0.2) is 13.9 Å². The van der Waals surface area contributed by atoms with Gasteiger partial charge in [-0.3, -0.25) is 14.8 Å². The molecule has 216 valence electrons. The molecule has 0 aromatic heterocycles. The third kappa shape index (κ3) is 5.99. The number of carbonyl (C=O) groups excluding carboxylic acids is 2. The number of nitrogens with one attached hydrogen (secondary N) is 2. The van der Waals surface area contributed by atoms with Crippen molar-refractivity contribution in [2.75, 3.05) is 31.1 Å². The summed E-state index contributed by atoms with van der Waals surface area (Å²) in [6.45, 7) is 6.18. The summed E-state index contributed by atoms with van der Waals surface area (Å²) in [5.74, 6) is -1.49. The van der Waals surface area contributed by atoms with Crippen molar-refractivity contribution in [3.05, 3.63) is 65.9 Å². The number of hydrogen-bond acceptors (Lipinski definition) is 8. The molecule has 4 rings (SSSR count). The lowest BCUT2D eigenvalue weighted by molar-refractivity contribution is -0.137. The second-order valence-corrected chi connectivity index (χ2v) is 11.4. The summed E-state index contributed by atoms with van der Waals surface area (Å²) in [7, 11) is -4.35. The van der Waals surface area contributed by atoms with Gasteiger partial charge < -0.3 is 15.0 Å². The molecule has 1 amide bonds. The number of hydrogen-bond donors (Lipinski definition) is 3. The number of benzene rings is 2. The van der Waals surface area contributed by atoms with Crippen molar-refractivity contribution in [3.8, 4) is 5.75 Å². The summed E-state index contributed by atoms with van der Waals surface area (Å²) in [6.07, 6.45) is -2.95. The molecule has 40 heavy (non-hydrogen) atoms. The van der Waals surface area contributed by atoms with Crippen LogP contribution in [-0.2, 0) is 16.2 Å². The van der Waals surface area contributed by atoms with E-state index in [0.717, 1.165) is 16.4 Å². The largest absolute Gasteiger partial charge is 0.490 e. The highest BCUT2D eigenvalue weighted by Gasteiger charge is 2.36. The minimum Gasteiger partial charge on any atom is -0.490 e. The number of hydroxylamine groups is 1. The zero-order valence-electron chi connectivity index (χ0n) is 21.6. The van der Waals surface area contributed by atoms with Gasteiger partial charge >= 0.3 is 6.18 Å². The number of rotatable bonds is 9. The van der Waals surface area contributed by atoms with Crippen LogP contribution >= 0.6 is 0 Å². The van der Waals surface area contributed by atoms with Gasteiger partial charge in [0.25, 0.3) is 5.91 Å². The minimum atomic E-state index is -4.47. The Hall–Kier alpha value is -3.46. The number of ether oxygens (including phenoxy) is 1. The summed E-state index contributed by atoms with van der Waals surface area (Å²) in [5, 5.41) is 12.5. The molecular weight excluding hydrogens is 553 g/mol. The molecule has 2 aliphatic heterocycles. The highest BCUT2D eigenvalue weighted by atomic mass is 32.2. The molecule has 2 saturated heterocycles. The van der Waals surface area contributed by atoms with Gasteiger partial charge in [0, 0.05) is 37.4 Å². The van der Waals surface area contributed by atoms with Crippen molar-refractivity contribution in [2.45, 2.75) is 43.0 Å². The fourth-order valence-electron chi connectivity index (χ4n) is 4.70. The van der Waals surface area contributed by atoms with Crippen LogP contribution in [0.1, 0.15) is 46.0 Å². The maximum absolute atomic E-state index is 13.9. The van der Waals surface area contributed by atoms with Crippen LogP contribution in [0.4, 0.5) is 18.9 Å². The first-order valence-electron chi connectivity index (χ1n) is 12.5. The molecule has 0 bridgehead atoms. The van der Waals surface area contributed by atoms with Crippen molar-refractivity contribution in [1.29, 1.82) is 0 Å². The molecule has 0 atom stereocenters. The zero-order chi connectivity index (χ0) is 29.2. The second kappa shape index (κ2) is 11.6. The monoisotopic (exact) mass is 582 g/mol. The normalized spacial score (nSPS) is 17.1. The first kappa shape index (κ1) is 29.5. The van der Waals surface area contributed by atoms with E-state index in [0.29, 0.717) is 18.8 Å². The number of amides is 1. The van der Waals surface area contributed by atoms with E-state index < -0.39 is 50.0 Å². The van der Waals surface area contributed by atoms with Crippen LogP contribution in [0.3, 0.4) is 0 Å². The predicted octanol–water partition coefficient (Wildman–Crippen LogP) is 3.18. The van der Waals surface area contributed by atoms with E-state index in [1.165, 1.54) is 42.9 Å². The van der Waals surface area contributed by atoms with E-state index in [1.54, 1.807) is 4.90 Å². The summed E-state index contributed by atoms with van der Waals surface area (Å²) >= 11 is 0. The molecule has 2 aliphatic rings. The molecule has 0 spiro atoms. The highest BCUT2D eigenvalue weighted by Crippen LogP contribution is 2.34. The first-order valence-corrected chi connectivity index (χ1v) is 13.9. The lowest BCUT2D eigenvalue weighted by Gasteiger charge is -2.38. The van der Waals surface area contributed by atoms with Crippen LogP contribution in [0.25, 0.3) is 0 Å². The number of nitrogens with zero attached hydrogens (tertiary/aromatic N) is 2. The Labute approximate surface area is 229 Å². The fraction of sp³-hybridized carbons (Fsp3) is 0.385. The van der Waals surface area contributed by atoms with Crippen LogP contribution in [0.5, 0.6) is 5.75 Å². The Morgan fingerprint density at radius 3 is 2.27 bits per heavy atom. The number of Topliss-reactive ketones (excluding diaryl/α,β-unsaturated/α-hetero) is 1. The fourth-order valence-corrected chi connectivity index (χ4v) is 6.40. The topological polar surface area (TPSA) is 128 Å². The van der Waals surface area contributed by atoms with E-state index in [9.17, 15) is 36.4 Å². The Morgan fingerprint density at radius 2 is 1.80 bits per heavy atom. The van der Waals surface area contributed by atoms with Gasteiger partial charge in [0.2, 0.25) is 10.0 Å². The molecule has 2 aromatic carbocycles. The van der Waals surface area contributed by atoms with Crippen molar-refractivity contribution in [3.63, 3.8) is 0 Å². The van der Waals surface area contributed by atoms with Crippen molar-refractivity contribution in [1.82, 2.24) is 15.1 Å². The van der Waals surface area contributed by atoms with Crippen LogP contribution in [0.15, 0.2) is 54.1 Å². The maximum atomic E-state index is 13.9. The number of anilines is 1. The molecule has 0 saturated carbocycles. The summed E-state index contributed by atoms with van der Waals surface area (Å²) in [4.78, 5) is 26.5. The van der Waals surface area contributed by atoms with Gasteiger partial charge in [-0.1, -0.05) is 6.58 Å². The third-order valence-electron chi connectivity index (χ3n) is 6.95. The third-order valence-corrected chi connectivity index (χ3v) is 8.87. The van der Waals surface area contributed by atoms with Gasteiger partial charge in [-0.2, -0.15) is 17.5 Å². The van der Waals surface area contributed by atoms with Crippen molar-refractivity contribution < 1.29 is 41.1 Å². The Kier molecular flexibility index (Phi) is 8.54. The molecule has 10 nitrogen and oxygen atoms in total. The van der Waals surface area contributed by atoms with E-state index in [2.05, 4.69) is 11.9 Å². The number of piperidine rings is 1. The average Bonchev–Trinajstić information content (AvgIpc) is 2.89. The lowest BCUT2D eigenvalue weighted by Crippen LogP contribution is -2.55. The van der Waals surface area contributed by atoms with Crippen LogP contribution < -0.4 is 20.4 Å². The van der Waals surface area contributed by atoms with Crippen LogP contribution in [0.2, 0.25) is 0 Å². The van der Waals surface area contributed by atoms with Crippen molar-refractivity contribution >= 4 is 27.4 Å². The lowest BCUT2D eigenvalue weighted by atomic mass is 10.0. The van der Waals surface area contributed by atoms with Crippen LogP contribution in [-0.4, -0.2) is 67.9 Å². The number of halogens is 3. The first-order chi connectivity index (χ1) is 18.9. The summed E-state index contributed by atoms with van der Waals surface area (Å²) in [5.41, 5.74) is 0.327. The Balaban J connectivity index is 1.61. The molecule has 0 aliphatic carbocycles. The SMILES string of the molecule is C=CN(c1cc(C(C)=O)c(C(=O)NO)c(S(=O)(=O)N2CCC(Oc3ccc(C(F)(F)F)cc3)CC2)c1)C1CNC1. The average molecular weight is 583 g/mol. The molecule has 3 N–H and O–H groups in total. The van der Waals surface area contributed by atoms with Crippen molar-refractivity contribution in [2.24, 2.45) is 0 Å². The van der Waals surface area contributed by atoms with E-state index in [4.69, 9.17) is 4.74 Å². The van der Waals surface area contributed by atoms with Gasteiger partial charge in [-0.05, 0) is 62.4 Å². The molecule has 2 heterocycles. The van der Waals surface area contributed by atoms with E-state index in [-0.39, 0.29) is 43.3 Å². The van der Waals surface area contributed by atoms with Gasteiger partial charge in [0.05, 0.1) is 22.1 Å². The summed E-state index contributed by atoms with van der Waals surface area (Å²) in [6, 6.07) is 6.90. The molecule has 0 radical (unpaired) electrons. The number of carbonyl (C=O) groups is 2. The van der Waals surface area contributed by atoms with E-state index >= 15 is 0 Å². The zero-order valence-corrected chi connectivity index (χ0v) is 22.4. The molecular formula is C26H29F3N4O6S. The Morgan fingerprint density at radius 1 is 1.18 bits per heavy atom. The van der Waals surface area contributed by atoms with Gasteiger partial charge in [0.1, 0.15) is 11.9 Å². The molecule has 2 fully saturated rings. The standard InChI is InChI=1S/C26H29F3N4O6S/c1-3-33(19-14-30-15-19)18-12-22(16(2)34)24(25(35)31-36)23(13-18)40(37,38)32-10-8-21(9-11-32)39-20-6-4-17(5-7-20)26(27,28)29/h3-7,12-13,19,21,30,36H,1,8-11,14-15H2,2H3,(H,31,35). The van der Waals surface area contributed by atoms with Gasteiger partial charge in [-0.15, -0.1) is 0 Å². The highest BCUT2D eigenvalue weighted by molar-refractivity contribution is 7.89. The Bertz CT molecular complexity index is 1390. The molecule has 0 unspecified atom stereocenters. The van der Waals surface area contributed by atoms with Crippen LogP contribution in [0, 0.1) is 0 Å². The number of sulfonamides is 1. The smallest absolute Gasteiger partial charge is 0.416 e. The summed E-state index contributed by atoms with van der Waals surface area (Å²) < 4.78 is 73.1. The quantitative estimate of drug-likeness (QED) is 0.234.